The molecule has 1 heteroatoms. The first-order chi connectivity index (χ1) is 15.3. The van der Waals surface area contributed by atoms with Crippen LogP contribution in [0.2, 0.25) is 0 Å². The summed E-state index contributed by atoms with van der Waals surface area (Å²) in [5, 5.41) is 0. The van der Waals surface area contributed by atoms with Gasteiger partial charge in [0.15, 0.2) is 5.78 Å². The van der Waals surface area contributed by atoms with E-state index < -0.39 is 0 Å². The maximum Gasteiger partial charge on any atom is 0.193 e. The number of carbonyl (C=O) groups is 1. The van der Waals surface area contributed by atoms with E-state index >= 15 is 0 Å². The topological polar surface area (TPSA) is 17.1 Å². The molecule has 0 amide bonds. The monoisotopic (exact) mass is 414 g/mol. The van der Waals surface area contributed by atoms with Crippen molar-refractivity contribution in [3.8, 4) is 22.3 Å². The van der Waals surface area contributed by atoms with Gasteiger partial charge in [-0.2, -0.15) is 0 Å². The molecule has 1 nitrogen and oxygen atoms in total. The molecule has 0 aromatic heterocycles. The zero-order valence-corrected chi connectivity index (χ0v) is 19.0. The fraction of sp³-hybridized carbons (Fsp3) is 0.194. The molecule has 0 radical (unpaired) electrons. The first-order valence-corrected chi connectivity index (χ1v) is 11.3. The van der Waals surface area contributed by atoms with Gasteiger partial charge in [-0.25, -0.2) is 0 Å². The van der Waals surface area contributed by atoms with Crippen molar-refractivity contribution in [2.24, 2.45) is 0 Å². The summed E-state index contributed by atoms with van der Waals surface area (Å²) < 4.78 is 0. The fourth-order valence-corrected chi connectivity index (χ4v) is 6.22. The maximum absolute atomic E-state index is 14.2. The Bertz CT molecular complexity index is 1330. The van der Waals surface area contributed by atoms with Crippen molar-refractivity contribution in [3.63, 3.8) is 0 Å². The van der Waals surface area contributed by atoms with Crippen molar-refractivity contribution >= 4 is 5.78 Å². The second-order valence-electron chi connectivity index (χ2n) is 10.1. The Hall–Kier alpha value is -3.45. The Morgan fingerprint density at radius 1 is 0.500 bits per heavy atom. The van der Waals surface area contributed by atoms with Gasteiger partial charge in [0.25, 0.3) is 0 Å². The van der Waals surface area contributed by atoms with Crippen molar-refractivity contribution in [1.29, 1.82) is 0 Å². The van der Waals surface area contributed by atoms with Gasteiger partial charge in [-0.1, -0.05) is 113 Å². The van der Waals surface area contributed by atoms with Crippen molar-refractivity contribution in [2.45, 2.75) is 38.5 Å². The van der Waals surface area contributed by atoms with E-state index in [-0.39, 0.29) is 16.6 Å². The molecule has 2 aliphatic carbocycles. The third-order valence-corrected chi connectivity index (χ3v) is 7.65. The Balaban J connectivity index is 1.58. The number of hydrogen-bond acceptors (Lipinski definition) is 1. The molecule has 0 aliphatic heterocycles. The van der Waals surface area contributed by atoms with Crippen LogP contribution in [0.25, 0.3) is 22.3 Å². The molecule has 2 aliphatic rings. The SMILES string of the molecule is CC1(C)c2ccccc2-c2cccc(C(=O)c3cccc4c3C(C)(C)c3ccccc3-4)c21. The summed E-state index contributed by atoms with van der Waals surface area (Å²) in [6.45, 7) is 8.96. The van der Waals surface area contributed by atoms with Crippen molar-refractivity contribution < 1.29 is 4.79 Å². The number of rotatable bonds is 2. The zero-order chi connectivity index (χ0) is 22.3. The van der Waals surface area contributed by atoms with Gasteiger partial charge < -0.3 is 0 Å². The molecule has 4 aromatic carbocycles. The average molecular weight is 415 g/mol. The van der Waals surface area contributed by atoms with E-state index in [1.54, 1.807) is 0 Å². The fourth-order valence-electron chi connectivity index (χ4n) is 6.22. The van der Waals surface area contributed by atoms with Crippen LogP contribution in [0.1, 0.15) is 65.9 Å². The minimum absolute atomic E-state index is 0.125. The van der Waals surface area contributed by atoms with E-state index in [2.05, 4.69) is 88.4 Å². The summed E-state index contributed by atoms with van der Waals surface area (Å²) in [5.41, 5.74) is 11.0. The minimum Gasteiger partial charge on any atom is -0.289 e. The summed E-state index contributed by atoms with van der Waals surface area (Å²) in [6.07, 6.45) is 0. The second-order valence-corrected chi connectivity index (χ2v) is 10.1. The van der Waals surface area contributed by atoms with E-state index in [4.69, 9.17) is 0 Å². The summed E-state index contributed by atoms with van der Waals surface area (Å²) in [5.74, 6) is 0.125. The van der Waals surface area contributed by atoms with E-state index in [0.29, 0.717) is 0 Å². The number of ketones is 1. The lowest BCUT2D eigenvalue weighted by Crippen LogP contribution is -2.22. The van der Waals surface area contributed by atoms with Crippen molar-refractivity contribution in [1.82, 2.24) is 0 Å². The van der Waals surface area contributed by atoms with Gasteiger partial charge in [0.05, 0.1) is 0 Å². The highest BCUT2D eigenvalue weighted by Gasteiger charge is 2.41. The molecule has 0 fully saturated rings. The molecule has 32 heavy (non-hydrogen) atoms. The highest BCUT2D eigenvalue weighted by molar-refractivity contribution is 6.14. The van der Waals surface area contributed by atoms with Crippen LogP contribution in [0.4, 0.5) is 0 Å². The Morgan fingerprint density at radius 3 is 1.31 bits per heavy atom. The first-order valence-electron chi connectivity index (χ1n) is 11.3. The molecule has 0 unspecified atom stereocenters. The summed E-state index contributed by atoms with van der Waals surface area (Å²) in [6, 6.07) is 29.5. The van der Waals surface area contributed by atoms with Crippen LogP contribution in [0.15, 0.2) is 84.9 Å². The van der Waals surface area contributed by atoms with Gasteiger partial charge in [0, 0.05) is 22.0 Å². The van der Waals surface area contributed by atoms with Crippen molar-refractivity contribution in [2.75, 3.05) is 0 Å². The van der Waals surface area contributed by atoms with Crippen LogP contribution >= 0.6 is 0 Å². The van der Waals surface area contributed by atoms with Crippen LogP contribution in [-0.2, 0) is 10.8 Å². The molecule has 0 atom stereocenters. The molecule has 0 saturated carbocycles. The van der Waals surface area contributed by atoms with E-state index in [1.807, 2.05) is 24.3 Å². The summed E-state index contributed by atoms with van der Waals surface area (Å²) in [7, 11) is 0. The minimum atomic E-state index is -0.214. The Labute approximate surface area is 189 Å². The largest absolute Gasteiger partial charge is 0.289 e. The van der Waals surface area contributed by atoms with E-state index in [1.165, 1.54) is 33.4 Å². The standard InChI is InChI=1S/C31H26O/c1-30(2)25-17-7-5-11-19(25)21-13-9-15-23(27(21)30)29(32)24-16-10-14-22-20-12-6-8-18-26(20)31(3,4)28(22)24/h5-18H,1-4H3. The van der Waals surface area contributed by atoms with Gasteiger partial charge in [0.2, 0.25) is 0 Å². The highest BCUT2D eigenvalue weighted by Crippen LogP contribution is 2.52. The predicted octanol–water partition coefficient (Wildman–Crippen LogP) is 7.53. The van der Waals surface area contributed by atoms with E-state index in [0.717, 1.165) is 22.3 Å². The van der Waals surface area contributed by atoms with Gasteiger partial charge in [-0.15, -0.1) is 0 Å². The number of benzene rings is 4. The third-order valence-electron chi connectivity index (χ3n) is 7.65. The molecular weight excluding hydrogens is 388 g/mol. The lowest BCUT2D eigenvalue weighted by atomic mass is 9.76. The lowest BCUT2D eigenvalue weighted by Gasteiger charge is -2.26. The molecule has 0 bridgehead atoms. The molecule has 156 valence electrons. The molecule has 6 rings (SSSR count). The van der Waals surface area contributed by atoms with Crippen LogP contribution < -0.4 is 0 Å². The first kappa shape index (κ1) is 19.3. The maximum atomic E-state index is 14.2. The van der Waals surface area contributed by atoms with Gasteiger partial charge in [-0.05, 0) is 44.5 Å². The molecule has 0 N–H and O–H groups in total. The lowest BCUT2D eigenvalue weighted by molar-refractivity contribution is 0.103. The second kappa shape index (κ2) is 6.29. The van der Waals surface area contributed by atoms with Crippen LogP contribution in [0, 0.1) is 0 Å². The molecule has 0 heterocycles. The average Bonchev–Trinajstić information content (AvgIpc) is 3.19. The third kappa shape index (κ3) is 2.31. The molecule has 0 saturated heterocycles. The highest BCUT2D eigenvalue weighted by atomic mass is 16.1. The quantitative estimate of drug-likeness (QED) is 0.310. The van der Waals surface area contributed by atoms with Gasteiger partial charge in [-0.3, -0.25) is 4.79 Å². The summed E-state index contributed by atoms with van der Waals surface area (Å²) >= 11 is 0. The Kier molecular flexibility index (Phi) is 3.79. The van der Waals surface area contributed by atoms with Crippen LogP contribution in [0.5, 0.6) is 0 Å². The zero-order valence-electron chi connectivity index (χ0n) is 19.0. The van der Waals surface area contributed by atoms with Crippen molar-refractivity contribution in [3.05, 3.63) is 118 Å². The van der Waals surface area contributed by atoms with Gasteiger partial charge in [0.1, 0.15) is 0 Å². The normalized spacial score (nSPS) is 16.1. The number of hydrogen-bond donors (Lipinski definition) is 0. The Morgan fingerprint density at radius 2 is 0.875 bits per heavy atom. The van der Waals surface area contributed by atoms with E-state index in [9.17, 15) is 4.79 Å². The predicted molar refractivity (Wildman–Crippen MR) is 131 cm³/mol. The molecule has 4 aromatic rings. The smallest absolute Gasteiger partial charge is 0.193 e. The number of fused-ring (bicyclic) bond motifs is 6. The van der Waals surface area contributed by atoms with Gasteiger partial charge >= 0.3 is 0 Å². The van der Waals surface area contributed by atoms with Crippen LogP contribution in [-0.4, -0.2) is 5.78 Å². The molecular formula is C31H26O. The van der Waals surface area contributed by atoms with Crippen LogP contribution in [0.3, 0.4) is 0 Å². The summed E-state index contributed by atoms with van der Waals surface area (Å²) in [4.78, 5) is 14.2. The molecule has 0 spiro atoms. The number of carbonyl (C=O) groups excluding carboxylic acids is 1.